The zero-order valence-corrected chi connectivity index (χ0v) is 36.8. The number of hydrogen-bond donors (Lipinski definition) is 2. The van der Waals surface area contributed by atoms with Crippen LogP contribution in [0.1, 0.15) is 183 Å². The van der Waals surface area contributed by atoms with Gasteiger partial charge in [-0.2, -0.15) is 0 Å². The first-order chi connectivity index (χ1) is 24.2. The van der Waals surface area contributed by atoms with Gasteiger partial charge in [-0.3, -0.25) is 9.59 Å². The molecule has 1 amide bonds. The first kappa shape index (κ1) is 48.3. The van der Waals surface area contributed by atoms with Gasteiger partial charge in [-0.25, -0.2) is 0 Å². The number of amides is 1. The summed E-state index contributed by atoms with van der Waals surface area (Å²) in [6, 6.07) is 0.351. The third-order valence-electron chi connectivity index (χ3n) is 14.6. The molecule has 0 aromatic heterocycles. The van der Waals surface area contributed by atoms with Crippen LogP contribution in [0.2, 0.25) is 0 Å². The Morgan fingerprint density at radius 1 is 0.774 bits per heavy atom. The van der Waals surface area contributed by atoms with Crippen molar-refractivity contribution in [2.75, 3.05) is 13.1 Å². The summed E-state index contributed by atoms with van der Waals surface area (Å²) in [7, 11) is 0. The maximum atomic E-state index is 13.2. The van der Waals surface area contributed by atoms with E-state index in [4.69, 9.17) is 16.2 Å². The largest absolute Gasteiger partial charge is 0.462 e. The van der Waals surface area contributed by atoms with Crippen LogP contribution >= 0.6 is 24.8 Å². The Morgan fingerprint density at radius 2 is 1.47 bits per heavy atom. The Balaban J connectivity index is 0.00000486. The maximum absolute atomic E-state index is 13.2. The molecule has 4 rings (SSSR count). The topological polar surface area (TPSA) is 98.7 Å². The maximum Gasteiger partial charge on any atom is 0.306 e. The van der Waals surface area contributed by atoms with Gasteiger partial charge in [-0.05, 0) is 131 Å². The van der Waals surface area contributed by atoms with E-state index in [2.05, 4.69) is 47.6 Å². The van der Waals surface area contributed by atoms with Gasteiger partial charge in [0.1, 0.15) is 6.10 Å². The Morgan fingerprint density at radius 3 is 2.17 bits per heavy atom. The highest BCUT2D eigenvalue weighted by Crippen LogP contribution is 2.67. The summed E-state index contributed by atoms with van der Waals surface area (Å²) in [4.78, 5) is 28.2. The van der Waals surface area contributed by atoms with Crippen molar-refractivity contribution in [2.24, 2.45) is 57.8 Å². The van der Waals surface area contributed by atoms with Gasteiger partial charge in [-0.15, -0.1) is 24.8 Å². The summed E-state index contributed by atoms with van der Waals surface area (Å²) in [5, 5.41) is 0. The van der Waals surface area contributed by atoms with Crippen molar-refractivity contribution >= 4 is 36.7 Å². The third kappa shape index (κ3) is 13.4. The summed E-state index contributed by atoms with van der Waals surface area (Å²) in [5.41, 5.74) is 14.2. The molecule has 0 aromatic carbocycles. The molecule has 0 radical (unpaired) electrons. The minimum Gasteiger partial charge on any atom is -0.462 e. The summed E-state index contributed by atoms with van der Waals surface area (Å²) >= 11 is 0. The van der Waals surface area contributed by atoms with Crippen LogP contribution in [0.5, 0.6) is 0 Å². The molecular formula is C45H83Cl2N3O3. The quantitative estimate of drug-likeness (QED) is 0.0686. The summed E-state index contributed by atoms with van der Waals surface area (Å²) in [6.45, 7) is 18.1. The van der Waals surface area contributed by atoms with Crippen molar-refractivity contribution in [3.8, 4) is 0 Å². The minimum atomic E-state index is -0.132. The van der Waals surface area contributed by atoms with Crippen molar-refractivity contribution < 1.29 is 14.3 Å². The SMILES string of the molecule is CC(C)CCC[C@@H](C)[C@H]1CC[C@H]2[C@@H]3CC=C4C[C@@H](OC(=O)CCCC(=O)N(CCCCCCCC(C)N)CCC(C)N)CC[C@]4(C)[C@H]3CC[C@]12C.Cl.Cl. The van der Waals surface area contributed by atoms with Crippen molar-refractivity contribution in [1.29, 1.82) is 0 Å². The molecule has 2 unspecified atom stereocenters. The van der Waals surface area contributed by atoms with Crippen LogP contribution in [-0.2, 0) is 14.3 Å². The fraction of sp³-hybridized carbons (Fsp3) is 0.911. The van der Waals surface area contributed by atoms with Gasteiger partial charge < -0.3 is 21.1 Å². The lowest BCUT2D eigenvalue weighted by Gasteiger charge is -2.58. The second-order valence-electron chi connectivity index (χ2n) is 19.2. The number of carbonyl (C=O) groups excluding carboxylic acids is 2. The van der Waals surface area contributed by atoms with Gasteiger partial charge in [0.15, 0.2) is 0 Å². The van der Waals surface area contributed by atoms with Crippen molar-refractivity contribution in [3.63, 3.8) is 0 Å². The van der Waals surface area contributed by atoms with Gasteiger partial charge in [-0.1, -0.05) is 91.2 Å². The highest BCUT2D eigenvalue weighted by atomic mass is 35.5. The van der Waals surface area contributed by atoms with Crippen LogP contribution in [0.15, 0.2) is 11.6 Å². The summed E-state index contributed by atoms with van der Waals surface area (Å²) < 4.78 is 6.11. The van der Waals surface area contributed by atoms with Crippen molar-refractivity contribution in [3.05, 3.63) is 11.6 Å². The Labute approximate surface area is 338 Å². The highest BCUT2D eigenvalue weighted by Gasteiger charge is 2.59. The van der Waals surface area contributed by atoms with Crippen LogP contribution in [0, 0.1) is 46.3 Å². The van der Waals surface area contributed by atoms with Gasteiger partial charge in [0.05, 0.1) is 0 Å². The van der Waals surface area contributed by atoms with E-state index in [0.717, 1.165) is 87.0 Å². The Hall–Kier alpha value is -0.820. The molecule has 3 saturated carbocycles. The number of esters is 1. The molecule has 4 N–H and O–H groups in total. The Bertz CT molecular complexity index is 1130. The zero-order chi connectivity index (χ0) is 37.2. The molecule has 10 atom stereocenters. The first-order valence-electron chi connectivity index (χ1n) is 21.9. The smallest absolute Gasteiger partial charge is 0.306 e. The van der Waals surface area contributed by atoms with Gasteiger partial charge in [0.2, 0.25) is 5.91 Å². The second-order valence-corrected chi connectivity index (χ2v) is 19.2. The van der Waals surface area contributed by atoms with E-state index in [1.54, 1.807) is 5.57 Å². The molecule has 0 aliphatic heterocycles. The number of halogens is 2. The van der Waals surface area contributed by atoms with Crippen molar-refractivity contribution in [2.45, 2.75) is 201 Å². The van der Waals surface area contributed by atoms with E-state index in [1.807, 2.05) is 11.8 Å². The fourth-order valence-electron chi connectivity index (χ4n) is 11.6. The van der Waals surface area contributed by atoms with Gasteiger partial charge >= 0.3 is 5.97 Å². The summed E-state index contributed by atoms with van der Waals surface area (Å²) in [6.07, 6.45) is 25.5. The predicted octanol–water partition coefficient (Wildman–Crippen LogP) is 11.2. The lowest BCUT2D eigenvalue weighted by Crippen LogP contribution is -2.51. The fourth-order valence-corrected chi connectivity index (χ4v) is 11.6. The average Bonchev–Trinajstić information content (AvgIpc) is 3.42. The molecule has 3 fully saturated rings. The average molecular weight is 785 g/mol. The van der Waals surface area contributed by atoms with Gasteiger partial charge in [0, 0.05) is 44.4 Å². The number of nitrogens with two attached hydrogens (primary N) is 2. The molecule has 0 bridgehead atoms. The number of hydrogen-bond acceptors (Lipinski definition) is 5. The standard InChI is InChI=1S/C45H81N3O3.2ClH/c1-32(2)15-13-16-33(3)39-22-23-40-38-21-20-36-31-37(24-27-44(36,6)41(38)25-28-45(39,40)7)51-43(50)19-14-18-42(49)48(30-26-35(5)47)29-12-10-8-9-11-17-34(4)46;;/h20,32-35,37-41H,8-19,21-31,46-47H2,1-7H3;2*1H/t33-,34?,35?,37+,38+,39-,40+,41+,44+,45-;;/m1../s1. The molecule has 0 aromatic rings. The predicted molar refractivity (Wildman–Crippen MR) is 227 cm³/mol. The van der Waals surface area contributed by atoms with Crippen LogP contribution in [0.25, 0.3) is 0 Å². The van der Waals surface area contributed by atoms with Crippen LogP contribution in [0.4, 0.5) is 0 Å². The van der Waals surface area contributed by atoms with E-state index in [0.29, 0.717) is 31.2 Å². The normalized spacial score (nSPS) is 30.8. The lowest BCUT2D eigenvalue weighted by atomic mass is 9.47. The van der Waals surface area contributed by atoms with Crippen LogP contribution in [0.3, 0.4) is 0 Å². The summed E-state index contributed by atoms with van der Waals surface area (Å²) in [5.74, 6) is 5.03. The van der Waals surface area contributed by atoms with Crippen molar-refractivity contribution in [1.82, 2.24) is 4.90 Å². The molecular weight excluding hydrogens is 701 g/mol. The molecule has 0 saturated heterocycles. The van der Waals surface area contributed by atoms with E-state index in [9.17, 15) is 9.59 Å². The van der Waals surface area contributed by atoms with E-state index in [1.165, 1.54) is 70.6 Å². The second kappa shape index (κ2) is 22.8. The number of ether oxygens (including phenoxy) is 1. The number of fused-ring (bicyclic) bond motifs is 5. The number of carbonyl (C=O) groups is 2. The van der Waals surface area contributed by atoms with Crippen LogP contribution in [-0.4, -0.2) is 48.1 Å². The molecule has 6 nitrogen and oxygen atoms in total. The zero-order valence-electron chi connectivity index (χ0n) is 35.2. The van der Waals surface area contributed by atoms with Crippen LogP contribution < -0.4 is 11.5 Å². The molecule has 310 valence electrons. The minimum absolute atomic E-state index is 0. The van der Waals surface area contributed by atoms with Gasteiger partial charge in [0.25, 0.3) is 0 Å². The molecule has 0 spiro atoms. The Kier molecular flexibility index (Phi) is 20.8. The first-order valence-corrected chi connectivity index (χ1v) is 21.9. The molecule has 0 heterocycles. The molecule has 4 aliphatic rings. The molecule has 53 heavy (non-hydrogen) atoms. The monoisotopic (exact) mass is 784 g/mol. The number of allylic oxidation sites excluding steroid dienone is 1. The third-order valence-corrected chi connectivity index (χ3v) is 14.6. The highest BCUT2D eigenvalue weighted by molar-refractivity contribution is 5.85. The number of unbranched alkanes of at least 4 members (excludes halogenated alkanes) is 4. The molecule has 8 heteroatoms. The number of rotatable bonds is 21. The lowest BCUT2D eigenvalue weighted by molar-refractivity contribution is -0.151. The van der Waals surface area contributed by atoms with E-state index in [-0.39, 0.29) is 60.3 Å². The number of nitrogens with zero attached hydrogens (tertiary/aromatic N) is 1. The van der Waals surface area contributed by atoms with E-state index >= 15 is 0 Å². The molecule has 4 aliphatic carbocycles. The van der Waals surface area contributed by atoms with E-state index < -0.39 is 0 Å².